The van der Waals surface area contributed by atoms with Crippen LogP contribution in [0.1, 0.15) is 26.7 Å². The summed E-state index contributed by atoms with van der Waals surface area (Å²) in [6.45, 7) is 5.65. The van der Waals surface area contributed by atoms with E-state index in [0.717, 1.165) is 43.1 Å². The van der Waals surface area contributed by atoms with Crippen LogP contribution in [-0.2, 0) is 9.53 Å². The number of rotatable bonds is 6. The predicted molar refractivity (Wildman–Crippen MR) is 79.4 cm³/mol. The molecule has 1 aliphatic rings. The summed E-state index contributed by atoms with van der Waals surface area (Å²) in [6, 6.07) is 5.59. The topological polar surface area (TPSA) is 59.6 Å². The Morgan fingerprint density at radius 2 is 2.35 bits per heavy atom. The minimum absolute atomic E-state index is 0.0840. The number of amides is 1. The molecule has 5 heteroatoms. The van der Waals surface area contributed by atoms with Crippen molar-refractivity contribution in [3.05, 3.63) is 18.2 Å². The summed E-state index contributed by atoms with van der Waals surface area (Å²) in [4.78, 5) is 11.1. The number of hydrogen-bond donors (Lipinski definition) is 2. The lowest BCUT2D eigenvalue weighted by Gasteiger charge is -2.16. The number of nitrogens with one attached hydrogen (secondary N) is 2. The Kier molecular flexibility index (Phi) is 5.24. The van der Waals surface area contributed by atoms with Crippen LogP contribution in [0.3, 0.4) is 0 Å². The van der Waals surface area contributed by atoms with E-state index in [2.05, 4.69) is 10.6 Å². The Bertz CT molecular complexity index is 456. The Morgan fingerprint density at radius 3 is 3.00 bits per heavy atom. The maximum atomic E-state index is 11.1. The van der Waals surface area contributed by atoms with Crippen molar-refractivity contribution in [3.8, 4) is 5.75 Å². The largest absolute Gasteiger partial charge is 0.492 e. The molecule has 0 spiro atoms. The van der Waals surface area contributed by atoms with Crippen molar-refractivity contribution < 1.29 is 14.3 Å². The highest BCUT2D eigenvalue weighted by Gasteiger charge is 2.16. The van der Waals surface area contributed by atoms with Gasteiger partial charge in [0.15, 0.2) is 0 Å². The lowest BCUT2D eigenvalue weighted by atomic mass is 10.2. The van der Waals surface area contributed by atoms with Crippen LogP contribution in [0.15, 0.2) is 18.2 Å². The van der Waals surface area contributed by atoms with E-state index < -0.39 is 0 Å². The minimum Gasteiger partial charge on any atom is -0.492 e. The number of carbonyl (C=O) groups excluding carboxylic acids is 1. The summed E-state index contributed by atoms with van der Waals surface area (Å²) in [5.74, 6) is 0.707. The van der Waals surface area contributed by atoms with Crippen LogP contribution in [0.5, 0.6) is 5.75 Å². The zero-order valence-corrected chi connectivity index (χ0v) is 12.1. The number of anilines is 2. The highest BCUT2D eigenvalue weighted by molar-refractivity contribution is 5.89. The molecule has 0 saturated carbocycles. The number of hydrogen-bond acceptors (Lipinski definition) is 4. The molecular weight excluding hydrogens is 256 g/mol. The van der Waals surface area contributed by atoms with E-state index in [0.29, 0.717) is 6.61 Å². The smallest absolute Gasteiger partial charge is 0.221 e. The Morgan fingerprint density at radius 1 is 1.50 bits per heavy atom. The van der Waals surface area contributed by atoms with Gasteiger partial charge in [-0.25, -0.2) is 0 Å². The van der Waals surface area contributed by atoms with Crippen LogP contribution in [-0.4, -0.2) is 31.8 Å². The summed E-state index contributed by atoms with van der Waals surface area (Å²) < 4.78 is 11.2. The zero-order valence-electron chi connectivity index (χ0n) is 12.1. The van der Waals surface area contributed by atoms with E-state index >= 15 is 0 Å². The van der Waals surface area contributed by atoms with Crippen molar-refractivity contribution in [1.82, 2.24) is 0 Å². The van der Waals surface area contributed by atoms with Gasteiger partial charge in [-0.3, -0.25) is 4.79 Å². The molecule has 0 aromatic heterocycles. The van der Waals surface area contributed by atoms with E-state index in [-0.39, 0.29) is 12.0 Å². The van der Waals surface area contributed by atoms with Crippen LogP contribution in [0.4, 0.5) is 11.4 Å². The third kappa shape index (κ3) is 4.13. The number of benzene rings is 1. The highest BCUT2D eigenvalue weighted by Crippen LogP contribution is 2.28. The first-order chi connectivity index (χ1) is 9.69. The fourth-order valence-corrected chi connectivity index (χ4v) is 2.26. The van der Waals surface area contributed by atoms with Crippen molar-refractivity contribution in [2.24, 2.45) is 0 Å². The SMILES string of the molecule is CCOc1ccc(NC(C)=O)cc1NCC1CCCO1. The van der Waals surface area contributed by atoms with Crippen LogP contribution < -0.4 is 15.4 Å². The fourth-order valence-electron chi connectivity index (χ4n) is 2.26. The molecule has 5 nitrogen and oxygen atoms in total. The molecule has 0 bridgehead atoms. The molecule has 1 aromatic rings. The summed E-state index contributed by atoms with van der Waals surface area (Å²) in [6.07, 6.45) is 2.47. The summed E-state index contributed by atoms with van der Waals surface area (Å²) in [7, 11) is 0. The van der Waals surface area contributed by atoms with Gasteiger partial charge in [0.05, 0.1) is 18.4 Å². The number of carbonyl (C=O) groups is 1. The van der Waals surface area contributed by atoms with Crippen molar-refractivity contribution in [1.29, 1.82) is 0 Å². The minimum atomic E-state index is -0.0840. The highest BCUT2D eigenvalue weighted by atomic mass is 16.5. The average molecular weight is 278 g/mol. The average Bonchev–Trinajstić information content (AvgIpc) is 2.91. The molecule has 1 atom stereocenters. The summed E-state index contributed by atoms with van der Waals surface area (Å²) >= 11 is 0. The van der Waals surface area contributed by atoms with E-state index in [1.807, 2.05) is 25.1 Å². The fraction of sp³-hybridized carbons (Fsp3) is 0.533. The molecule has 2 N–H and O–H groups in total. The normalized spacial score (nSPS) is 17.8. The first-order valence-corrected chi connectivity index (χ1v) is 7.09. The first kappa shape index (κ1) is 14.7. The molecule has 0 aliphatic carbocycles. The molecule has 1 heterocycles. The lowest BCUT2D eigenvalue weighted by Crippen LogP contribution is -2.19. The van der Waals surface area contributed by atoms with E-state index in [1.165, 1.54) is 6.92 Å². The molecular formula is C15H22N2O3. The van der Waals surface area contributed by atoms with Crippen molar-refractivity contribution in [2.45, 2.75) is 32.8 Å². The molecule has 1 unspecified atom stereocenters. The summed E-state index contributed by atoms with van der Waals surface area (Å²) in [5, 5.41) is 6.13. The second-order valence-corrected chi connectivity index (χ2v) is 4.84. The molecule has 20 heavy (non-hydrogen) atoms. The Balaban J connectivity index is 2.06. The van der Waals surface area contributed by atoms with E-state index in [9.17, 15) is 4.79 Å². The molecule has 1 saturated heterocycles. The van der Waals surface area contributed by atoms with Crippen LogP contribution >= 0.6 is 0 Å². The van der Waals surface area contributed by atoms with Gasteiger partial charge < -0.3 is 20.1 Å². The first-order valence-electron chi connectivity index (χ1n) is 7.09. The molecule has 1 amide bonds. The third-order valence-corrected chi connectivity index (χ3v) is 3.14. The van der Waals surface area contributed by atoms with Crippen molar-refractivity contribution in [3.63, 3.8) is 0 Å². The zero-order chi connectivity index (χ0) is 14.4. The van der Waals surface area contributed by atoms with Gasteiger partial charge in [0.25, 0.3) is 0 Å². The monoisotopic (exact) mass is 278 g/mol. The molecule has 0 radical (unpaired) electrons. The lowest BCUT2D eigenvalue weighted by molar-refractivity contribution is -0.114. The third-order valence-electron chi connectivity index (χ3n) is 3.14. The van der Waals surface area contributed by atoms with Crippen molar-refractivity contribution in [2.75, 3.05) is 30.4 Å². The molecule has 1 fully saturated rings. The van der Waals surface area contributed by atoms with Gasteiger partial charge in [-0.15, -0.1) is 0 Å². The van der Waals surface area contributed by atoms with Crippen LogP contribution in [0.2, 0.25) is 0 Å². The standard InChI is InChI=1S/C15H22N2O3/c1-3-19-15-7-6-12(17-11(2)18)9-14(15)16-10-13-5-4-8-20-13/h6-7,9,13,16H,3-5,8,10H2,1-2H3,(H,17,18). The molecule has 110 valence electrons. The second-order valence-electron chi connectivity index (χ2n) is 4.84. The molecule has 1 aliphatic heterocycles. The van der Waals surface area contributed by atoms with Crippen LogP contribution in [0.25, 0.3) is 0 Å². The van der Waals surface area contributed by atoms with Gasteiger partial charge in [-0.1, -0.05) is 0 Å². The van der Waals surface area contributed by atoms with Crippen molar-refractivity contribution >= 4 is 17.3 Å². The van der Waals surface area contributed by atoms with Gasteiger partial charge in [0.1, 0.15) is 5.75 Å². The van der Waals surface area contributed by atoms with Gasteiger partial charge in [-0.05, 0) is 38.0 Å². The molecule has 1 aromatic carbocycles. The van der Waals surface area contributed by atoms with E-state index in [4.69, 9.17) is 9.47 Å². The second kappa shape index (κ2) is 7.14. The quantitative estimate of drug-likeness (QED) is 0.840. The molecule has 2 rings (SSSR count). The maximum absolute atomic E-state index is 11.1. The number of ether oxygens (including phenoxy) is 2. The van der Waals surface area contributed by atoms with Gasteiger partial charge >= 0.3 is 0 Å². The van der Waals surface area contributed by atoms with E-state index in [1.54, 1.807) is 0 Å². The van der Waals surface area contributed by atoms with Gasteiger partial charge in [-0.2, -0.15) is 0 Å². The maximum Gasteiger partial charge on any atom is 0.221 e. The summed E-state index contributed by atoms with van der Waals surface area (Å²) in [5.41, 5.74) is 1.64. The van der Waals surface area contributed by atoms with Gasteiger partial charge in [0, 0.05) is 25.8 Å². The Hall–Kier alpha value is -1.75. The Labute approximate surface area is 119 Å². The predicted octanol–water partition coefficient (Wildman–Crippen LogP) is 2.63. The van der Waals surface area contributed by atoms with Gasteiger partial charge in [0.2, 0.25) is 5.91 Å². The van der Waals surface area contributed by atoms with Crippen LogP contribution in [0, 0.1) is 0 Å².